The number of hydrogen-bond acceptors (Lipinski definition) is 2. The minimum Gasteiger partial charge on any atom is -0.326 e. The lowest BCUT2D eigenvalue weighted by atomic mass is 10.1. The van der Waals surface area contributed by atoms with E-state index in [1.165, 1.54) is 11.1 Å². The third-order valence-electron chi connectivity index (χ3n) is 3.68. The highest BCUT2D eigenvalue weighted by Crippen LogP contribution is 2.19. The number of aromatic nitrogens is 4. The van der Waals surface area contributed by atoms with Gasteiger partial charge < -0.3 is 4.57 Å². The van der Waals surface area contributed by atoms with Crippen molar-refractivity contribution in [1.29, 1.82) is 0 Å². The summed E-state index contributed by atoms with van der Waals surface area (Å²) in [7, 11) is 1.94. The first-order valence-electron chi connectivity index (χ1n) is 7.82. The van der Waals surface area contributed by atoms with E-state index in [9.17, 15) is 0 Å². The molecule has 0 aliphatic rings. The normalized spacial score (nSPS) is 10.2. The molecule has 0 amide bonds. The lowest BCUT2D eigenvalue weighted by Gasteiger charge is -2.10. The fourth-order valence-corrected chi connectivity index (χ4v) is 2.56. The zero-order valence-electron chi connectivity index (χ0n) is 14.4. The minimum atomic E-state index is 0. The lowest BCUT2D eigenvalue weighted by Crippen LogP contribution is -2.02. The van der Waals surface area contributed by atoms with Gasteiger partial charge in [-0.1, -0.05) is 40.8 Å². The molecule has 0 aliphatic carbocycles. The second-order valence-corrected chi connectivity index (χ2v) is 6.21. The zero-order chi connectivity index (χ0) is 16.3. The molecule has 0 saturated heterocycles. The van der Waals surface area contributed by atoms with Crippen molar-refractivity contribution in [1.82, 2.24) is 19.3 Å². The summed E-state index contributed by atoms with van der Waals surface area (Å²) in [5.41, 5.74) is 3.63. The molecule has 0 spiro atoms. The van der Waals surface area contributed by atoms with E-state index in [-0.39, 0.29) is 14.9 Å². The van der Waals surface area contributed by atoms with E-state index in [0.29, 0.717) is 12.0 Å². The van der Waals surface area contributed by atoms with Gasteiger partial charge in [-0.3, -0.25) is 4.68 Å². The molecule has 4 heteroatoms. The second kappa shape index (κ2) is 9.26. The Morgan fingerprint density at radius 3 is 2.08 bits per heavy atom. The number of aryl methyl sites for hydroxylation is 2. The fourth-order valence-electron chi connectivity index (χ4n) is 2.56. The van der Waals surface area contributed by atoms with Crippen LogP contribution in [-0.4, -0.2) is 19.3 Å². The molecule has 24 heavy (non-hydrogen) atoms. The molecular weight excluding hydrogens is 296 g/mol. The van der Waals surface area contributed by atoms with Gasteiger partial charge in [-0.25, -0.2) is 4.98 Å². The van der Waals surface area contributed by atoms with Gasteiger partial charge in [-0.05, 0) is 44.4 Å². The van der Waals surface area contributed by atoms with Gasteiger partial charge >= 0.3 is 0 Å². The van der Waals surface area contributed by atoms with E-state index in [4.69, 9.17) is 0 Å². The molecule has 0 unspecified atom stereocenters. The standard InChI is InChI=1S/C11H14N2.C7H12N2.2CH4/c1-8(2)13-9(3)12-10-6-4-5-7-11(10)13;1-6(2)7-4-8-9(3)5-7;;/h4-8H,1-3H3;4-6H,1-3H3;2*1H4. The Bertz CT molecular complexity index is 735. The van der Waals surface area contributed by atoms with Crippen LogP contribution in [0.15, 0.2) is 36.7 Å². The van der Waals surface area contributed by atoms with E-state index in [2.05, 4.69) is 67.5 Å². The van der Waals surface area contributed by atoms with Crippen molar-refractivity contribution in [2.24, 2.45) is 7.05 Å². The number of rotatable bonds is 2. The van der Waals surface area contributed by atoms with Crippen LogP contribution in [0.25, 0.3) is 11.0 Å². The second-order valence-electron chi connectivity index (χ2n) is 6.21. The molecule has 0 aliphatic heterocycles. The first-order valence-corrected chi connectivity index (χ1v) is 7.82. The molecule has 0 atom stereocenters. The molecule has 2 heterocycles. The summed E-state index contributed by atoms with van der Waals surface area (Å²) in [6, 6.07) is 8.74. The highest BCUT2D eigenvalue weighted by molar-refractivity contribution is 5.75. The molecule has 3 rings (SSSR count). The van der Waals surface area contributed by atoms with Gasteiger partial charge in [0, 0.05) is 19.3 Å². The van der Waals surface area contributed by atoms with Crippen LogP contribution in [0, 0.1) is 6.92 Å². The van der Waals surface area contributed by atoms with Gasteiger partial charge in [-0.2, -0.15) is 5.10 Å². The minimum absolute atomic E-state index is 0. The Kier molecular flexibility index (Phi) is 8.45. The third kappa shape index (κ3) is 4.95. The van der Waals surface area contributed by atoms with Gasteiger partial charge in [0.15, 0.2) is 0 Å². The summed E-state index contributed by atoms with van der Waals surface area (Å²) in [4.78, 5) is 4.50. The first kappa shape index (κ1) is 21.9. The SMILES string of the molecule is C.C.CC(C)c1cnn(C)c1.Cc1nc2ccccc2n1C(C)C. The van der Waals surface area contributed by atoms with E-state index < -0.39 is 0 Å². The maximum absolute atomic E-state index is 4.50. The number of nitrogens with zero attached hydrogens (tertiary/aromatic N) is 4. The van der Waals surface area contributed by atoms with Crippen LogP contribution in [0.4, 0.5) is 0 Å². The largest absolute Gasteiger partial charge is 0.326 e. The summed E-state index contributed by atoms with van der Waals surface area (Å²) in [5, 5.41) is 4.05. The van der Waals surface area contributed by atoms with Crippen LogP contribution in [0.5, 0.6) is 0 Å². The number of imidazole rings is 1. The summed E-state index contributed by atoms with van der Waals surface area (Å²) in [6.07, 6.45) is 3.95. The van der Waals surface area contributed by atoms with Gasteiger partial charge in [0.25, 0.3) is 0 Å². The monoisotopic (exact) mass is 330 g/mol. The number of fused-ring (bicyclic) bond motifs is 1. The van der Waals surface area contributed by atoms with Crippen LogP contribution < -0.4 is 0 Å². The highest BCUT2D eigenvalue weighted by atomic mass is 15.2. The van der Waals surface area contributed by atoms with Gasteiger partial charge in [0.05, 0.1) is 17.2 Å². The predicted molar refractivity (Wildman–Crippen MR) is 106 cm³/mol. The van der Waals surface area contributed by atoms with Crippen molar-refractivity contribution < 1.29 is 0 Å². The van der Waals surface area contributed by atoms with E-state index in [0.717, 1.165) is 11.3 Å². The van der Waals surface area contributed by atoms with Crippen molar-refractivity contribution in [3.8, 4) is 0 Å². The Morgan fingerprint density at radius 1 is 1.00 bits per heavy atom. The Hall–Kier alpha value is -2.10. The average molecular weight is 331 g/mol. The van der Waals surface area contributed by atoms with Gasteiger partial charge in [-0.15, -0.1) is 0 Å². The summed E-state index contributed by atoms with van der Waals surface area (Å²) < 4.78 is 4.09. The van der Waals surface area contributed by atoms with Crippen molar-refractivity contribution in [2.75, 3.05) is 0 Å². The highest BCUT2D eigenvalue weighted by Gasteiger charge is 2.08. The maximum Gasteiger partial charge on any atom is 0.106 e. The molecule has 0 fully saturated rings. The van der Waals surface area contributed by atoms with Crippen LogP contribution in [0.2, 0.25) is 0 Å². The summed E-state index contributed by atoms with van der Waals surface area (Å²) >= 11 is 0. The Labute approximate surface area is 147 Å². The molecule has 0 saturated carbocycles. The molecule has 1 aromatic carbocycles. The number of hydrogen-bond donors (Lipinski definition) is 0. The van der Waals surface area contributed by atoms with Gasteiger partial charge in [0.1, 0.15) is 5.82 Å². The molecular formula is C20H34N4. The van der Waals surface area contributed by atoms with Crippen LogP contribution in [0.1, 0.15) is 65.9 Å². The first-order chi connectivity index (χ1) is 10.4. The van der Waals surface area contributed by atoms with E-state index in [1.807, 2.05) is 30.2 Å². The Balaban J connectivity index is 0.000000431. The summed E-state index contributed by atoms with van der Waals surface area (Å²) in [6.45, 7) is 10.7. The van der Waals surface area contributed by atoms with Crippen molar-refractivity contribution in [3.05, 3.63) is 48.0 Å². The van der Waals surface area contributed by atoms with Crippen LogP contribution in [0.3, 0.4) is 0 Å². The Morgan fingerprint density at radius 2 is 1.62 bits per heavy atom. The molecule has 0 radical (unpaired) electrons. The van der Waals surface area contributed by atoms with Crippen molar-refractivity contribution >= 4 is 11.0 Å². The van der Waals surface area contributed by atoms with Gasteiger partial charge in [0.2, 0.25) is 0 Å². The van der Waals surface area contributed by atoms with Crippen LogP contribution in [-0.2, 0) is 7.05 Å². The third-order valence-corrected chi connectivity index (χ3v) is 3.68. The molecule has 4 nitrogen and oxygen atoms in total. The average Bonchev–Trinajstić information content (AvgIpc) is 3.01. The maximum atomic E-state index is 4.50. The van der Waals surface area contributed by atoms with Crippen molar-refractivity contribution in [2.45, 2.75) is 61.4 Å². The fraction of sp³-hybridized carbons (Fsp3) is 0.500. The zero-order valence-corrected chi connectivity index (χ0v) is 14.4. The van der Waals surface area contributed by atoms with Crippen LogP contribution >= 0.6 is 0 Å². The topological polar surface area (TPSA) is 35.6 Å². The van der Waals surface area contributed by atoms with E-state index in [1.54, 1.807) is 0 Å². The smallest absolute Gasteiger partial charge is 0.106 e. The number of benzene rings is 1. The molecule has 2 aromatic heterocycles. The molecule has 0 N–H and O–H groups in total. The summed E-state index contributed by atoms with van der Waals surface area (Å²) in [5.74, 6) is 1.69. The van der Waals surface area contributed by atoms with Crippen molar-refractivity contribution in [3.63, 3.8) is 0 Å². The predicted octanol–water partition coefficient (Wildman–Crippen LogP) is 5.74. The molecule has 134 valence electrons. The quantitative estimate of drug-likeness (QED) is 0.600. The number of para-hydroxylation sites is 2. The molecule has 0 bridgehead atoms. The molecule has 3 aromatic rings. The van der Waals surface area contributed by atoms with E-state index >= 15 is 0 Å². The lowest BCUT2D eigenvalue weighted by molar-refractivity contribution is 0.600.